The maximum absolute atomic E-state index is 14.8. The molecule has 10 heteroatoms. The van der Waals surface area contributed by atoms with Crippen LogP contribution in [0.25, 0.3) is 16.9 Å². The number of carbonyl (C=O) groups is 1. The van der Waals surface area contributed by atoms with E-state index in [4.69, 9.17) is 5.10 Å². The Hall–Kier alpha value is -3.95. The Bertz CT molecular complexity index is 1430. The molecule has 1 amide bonds. The first kappa shape index (κ1) is 21.6. The van der Waals surface area contributed by atoms with Crippen molar-refractivity contribution >= 4 is 5.91 Å². The molecule has 2 aliphatic rings. The van der Waals surface area contributed by atoms with Crippen molar-refractivity contribution in [1.29, 1.82) is 0 Å². The van der Waals surface area contributed by atoms with E-state index >= 15 is 0 Å². The van der Waals surface area contributed by atoms with Gasteiger partial charge in [-0.15, -0.1) is 4.80 Å². The van der Waals surface area contributed by atoms with Gasteiger partial charge in [-0.3, -0.25) is 9.48 Å². The first-order valence-corrected chi connectivity index (χ1v) is 11.4. The molecule has 0 N–H and O–H groups in total. The zero-order chi connectivity index (χ0) is 24.3. The van der Waals surface area contributed by atoms with Crippen molar-refractivity contribution in [1.82, 2.24) is 29.7 Å². The summed E-state index contributed by atoms with van der Waals surface area (Å²) in [5.41, 5.74) is 2.84. The van der Waals surface area contributed by atoms with Crippen molar-refractivity contribution in [2.24, 2.45) is 7.05 Å². The number of carbonyl (C=O) groups excluding carboxylic acids is 1. The van der Waals surface area contributed by atoms with Crippen LogP contribution in [0.5, 0.6) is 0 Å². The van der Waals surface area contributed by atoms with Crippen LogP contribution in [0.2, 0.25) is 0 Å². The Morgan fingerprint density at radius 3 is 2.51 bits per heavy atom. The number of aryl methyl sites for hydroxylation is 1. The van der Waals surface area contributed by atoms with E-state index in [1.54, 1.807) is 22.7 Å². The first-order valence-electron chi connectivity index (χ1n) is 11.4. The predicted octanol–water partition coefficient (Wildman–Crippen LogP) is 4.38. The highest BCUT2D eigenvalue weighted by Gasteiger charge is 2.44. The quantitative estimate of drug-likeness (QED) is 0.438. The van der Waals surface area contributed by atoms with Crippen LogP contribution in [0.4, 0.5) is 13.2 Å². The van der Waals surface area contributed by atoms with E-state index in [1.165, 1.54) is 36.7 Å². The normalized spacial score (nSPS) is 19.0. The number of benzene rings is 2. The lowest BCUT2D eigenvalue weighted by atomic mass is 9.81. The molecule has 1 saturated heterocycles. The van der Waals surface area contributed by atoms with Gasteiger partial charge in [-0.05, 0) is 49.9 Å². The summed E-state index contributed by atoms with van der Waals surface area (Å²) in [5, 5.41) is 12.7. The van der Waals surface area contributed by atoms with Crippen molar-refractivity contribution in [3.05, 3.63) is 83.1 Å². The summed E-state index contributed by atoms with van der Waals surface area (Å²) in [5.74, 6) is -2.23. The van der Waals surface area contributed by atoms with Crippen molar-refractivity contribution in [2.45, 2.75) is 37.8 Å². The van der Waals surface area contributed by atoms with Crippen LogP contribution in [0.3, 0.4) is 0 Å². The molecule has 4 aromatic rings. The Labute approximate surface area is 198 Å². The molecule has 0 aliphatic carbocycles. The Kier molecular flexibility index (Phi) is 4.98. The van der Waals surface area contributed by atoms with E-state index in [0.717, 1.165) is 29.3 Å². The Morgan fingerprint density at radius 1 is 1.03 bits per heavy atom. The van der Waals surface area contributed by atoms with E-state index in [2.05, 4.69) is 10.2 Å². The minimum atomic E-state index is -0.659. The van der Waals surface area contributed by atoms with Gasteiger partial charge in [0.05, 0.1) is 35.4 Å². The maximum Gasteiger partial charge on any atom is 0.257 e. The summed E-state index contributed by atoms with van der Waals surface area (Å²) < 4.78 is 44.4. The number of rotatable bonds is 3. The molecule has 1 fully saturated rings. The third-order valence-corrected chi connectivity index (χ3v) is 6.88. The van der Waals surface area contributed by atoms with Crippen LogP contribution >= 0.6 is 0 Å². The van der Waals surface area contributed by atoms with Crippen LogP contribution in [0.1, 0.15) is 46.9 Å². The van der Waals surface area contributed by atoms with Gasteiger partial charge in [-0.1, -0.05) is 6.07 Å². The van der Waals surface area contributed by atoms with E-state index in [-0.39, 0.29) is 29.2 Å². The Balaban J connectivity index is 1.45. The second-order valence-corrected chi connectivity index (χ2v) is 8.97. The fourth-order valence-electron chi connectivity index (χ4n) is 5.56. The molecule has 35 heavy (non-hydrogen) atoms. The van der Waals surface area contributed by atoms with Gasteiger partial charge >= 0.3 is 0 Å². The van der Waals surface area contributed by atoms with Crippen molar-refractivity contribution in [3.8, 4) is 16.9 Å². The molecular formula is C25H21F3N6O. The van der Waals surface area contributed by atoms with Gasteiger partial charge in [0.1, 0.15) is 17.3 Å². The fraction of sp³-hybridized carbons (Fsp3) is 0.280. The molecule has 6 rings (SSSR count). The zero-order valence-corrected chi connectivity index (χ0v) is 18.8. The summed E-state index contributed by atoms with van der Waals surface area (Å²) in [6, 6.07) is 7.29. The third kappa shape index (κ3) is 3.43. The Morgan fingerprint density at radius 2 is 1.77 bits per heavy atom. The zero-order valence-electron chi connectivity index (χ0n) is 18.8. The fourth-order valence-corrected chi connectivity index (χ4v) is 5.56. The lowest BCUT2D eigenvalue weighted by Gasteiger charge is -2.45. The van der Waals surface area contributed by atoms with Gasteiger partial charge in [-0.2, -0.15) is 15.3 Å². The van der Waals surface area contributed by atoms with Crippen molar-refractivity contribution in [3.63, 3.8) is 0 Å². The average Bonchev–Trinajstić information content (AvgIpc) is 3.45. The average molecular weight is 478 g/mol. The molecule has 178 valence electrons. The van der Waals surface area contributed by atoms with Gasteiger partial charge in [0.2, 0.25) is 0 Å². The molecule has 0 spiro atoms. The molecule has 0 radical (unpaired) electrons. The maximum atomic E-state index is 14.8. The van der Waals surface area contributed by atoms with Gasteiger partial charge in [0, 0.05) is 30.3 Å². The van der Waals surface area contributed by atoms with E-state index in [1.807, 2.05) is 0 Å². The number of nitrogens with zero attached hydrogens (tertiary/aromatic N) is 6. The third-order valence-electron chi connectivity index (χ3n) is 6.88. The number of fused-ring (bicyclic) bond motifs is 4. The number of halogens is 3. The molecule has 2 aliphatic heterocycles. The largest absolute Gasteiger partial charge is 0.327 e. The van der Waals surface area contributed by atoms with Crippen LogP contribution in [-0.2, 0) is 13.5 Å². The molecule has 7 nitrogen and oxygen atoms in total. The topological polar surface area (TPSA) is 68.8 Å². The number of hydrogen-bond acceptors (Lipinski definition) is 4. The van der Waals surface area contributed by atoms with Gasteiger partial charge in [0.15, 0.2) is 5.82 Å². The smallest absolute Gasteiger partial charge is 0.257 e. The predicted molar refractivity (Wildman–Crippen MR) is 120 cm³/mol. The minimum Gasteiger partial charge on any atom is -0.327 e. The molecule has 4 heterocycles. The highest BCUT2D eigenvalue weighted by atomic mass is 19.1. The molecular weight excluding hydrogens is 457 g/mol. The molecule has 0 unspecified atom stereocenters. The molecule has 2 atom stereocenters. The summed E-state index contributed by atoms with van der Waals surface area (Å²) in [4.78, 5) is 16.8. The summed E-state index contributed by atoms with van der Waals surface area (Å²) in [6.45, 7) is 0. The SMILES string of the molecule is Cn1nc2c(c1-c1cc(F)cc(F)c1)C[C@H]1CCC[C@@H]2N1C(=O)c1cccc(F)c1-n1nccn1. The molecule has 0 saturated carbocycles. The standard InChI is InChI=1S/C25H21F3N6O/c1-32-23(14-10-15(26)12-16(27)11-14)19-13-17-4-2-7-21(22(19)31-32)33(17)25(35)18-5-3-6-20(28)24(18)34-29-8-9-30-34/h3,5-6,8-12,17,21H,2,4,7,13H2,1H3/t17-,21+/m1/s1. The molecule has 2 aromatic carbocycles. The number of aromatic nitrogens is 5. The summed E-state index contributed by atoms with van der Waals surface area (Å²) in [7, 11) is 1.74. The van der Waals surface area contributed by atoms with Gasteiger partial charge < -0.3 is 4.90 Å². The monoisotopic (exact) mass is 478 g/mol. The lowest BCUT2D eigenvalue weighted by molar-refractivity contribution is 0.0391. The summed E-state index contributed by atoms with van der Waals surface area (Å²) >= 11 is 0. The summed E-state index contributed by atoms with van der Waals surface area (Å²) in [6.07, 6.45) is 5.70. The number of hydrogen-bond donors (Lipinski definition) is 0. The first-order chi connectivity index (χ1) is 16.9. The number of piperidine rings is 1. The van der Waals surface area contributed by atoms with Crippen LogP contribution < -0.4 is 0 Å². The molecule has 2 aromatic heterocycles. The van der Waals surface area contributed by atoms with Crippen molar-refractivity contribution in [2.75, 3.05) is 0 Å². The van der Waals surface area contributed by atoms with Crippen LogP contribution in [0, 0.1) is 17.5 Å². The van der Waals surface area contributed by atoms with E-state index in [9.17, 15) is 18.0 Å². The van der Waals surface area contributed by atoms with Crippen LogP contribution in [0.15, 0.2) is 48.8 Å². The lowest BCUT2D eigenvalue weighted by Crippen LogP contribution is -2.50. The van der Waals surface area contributed by atoms with Crippen molar-refractivity contribution < 1.29 is 18.0 Å². The number of para-hydroxylation sites is 1. The van der Waals surface area contributed by atoms with E-state index in [0.29, 0.717) is 29.8 Å². The number of amides is 1. The van der Waals surface area contributed by atoms with Crippen LogP contribution in [-0.4, -0.2) is 41.6 Å². The highest BCUT2D eigenvalue weighted by Crippen LogP contribution is 2.45. The minimum absolute atomic E-state index is 0.00307. The highest BCUT2D eigenvalue weighted by molar-refractivity contribution is 5.98. The molecule has 2 bridgehead atoms. The second kappa shape index (κ2) is 8.07. The van der Waals surface area contributed by atoms with Gasteiger partial charge in [0.25, 0.3) is 5.91 Å². The van der Waals surface area contributed by atoms with Gasteiger partial charge in [-0.25, -0.2) is 13.2 Å². The van der Waals surface area contributed by atoms with E-state index < -0.39 is 17.5 Å². The second-order valence-electron chi connectivity index (χ2n) is 8.97.